The number of aryl methyl sites for hydroxylation is 1. The first-order valence-corrected chi connectivity index (χ1v) is 8.76. The Morgan fingerprint density at radius 3 is 2.77 bits per heavy atom. The van der Waals surface area contributed by atoms with E-state index < -0.39 is 0 Å². The molecule has 1 aromatic heterocycles. The molecule has 7 heteroatoms. The molecule has 1 aliphatic heterocycles. The van der Waals surface area contributed by atoms with Crippen molar-refractivity contribution in [2.45, 2.75) is 20.1 Å². The molecule has 2 heterocycles. The summed E-state index contributed by atoms with van der Waals surface area (Å²) in [6, 6.07) is 11.7. The van der Waals surface area contributed by atoms with Crippen molar-refractivity contribution >= 4 is 11.7 Å². The number of benzene rings is 1. The summed E-state index contributed by atoms with van der Waals surface area (Å²) in [6.45, 7) is 5.67. The number of anilines is 1. The van der Waals surface area contributed by atoms with Crippen LogP contribution >= 0.6 is 0 Å². The van der Waals surface area contributed by atoms with Crippen molar-refractivity contribution in [3.05, 3.63) is 53.5 Å². The van der Waals surface area contributed by atoms with Gasteiger partial charge in [0, 0.05) is 24.8 Å². The van der Waals surface area contributed by atoms with E-state index in [0.29, 0.717) is 25.6 Å². The van der Waals surface area contributed by atoms with Crippen LogP contribution < -0.4 is 10.2 Å². The van der Waals surface area contributed by atoms with Gasteiger partial charge in [0.1, 0.15) is 18.2 Å². The molecule has 138 valence electrons. The summed E-state index contributed by atoms with van der Waals surface area (Å²) < 4.78 is 10.8. The van der Waals surface area contributed by atoms with Crippen LogP contribution in [0.4, 0.5) is 5.82 Å². The normalized spacial score (nSPS) is 14.3. The highest BCUT2D eigenvalue weighted by atomic mass is 16.5. The zero-order chi connectivity index (χ0) is 18.2. The first-order valence-electron chi connectivity index (χ1n) is 8.76. The second-order valence-corrected chi connectivity index (χ2v) is 6.14. The second kappa shape index (κ2) is 9.26. The van der Waals surface area contributed by atoms with Gasteiger partial charge in [0.05, 0.1) is 26.4 Å². The van der Waals surface area contributed by atoms with Crippen LogP contribution in [0, 0.1) is 6.92 Å². The monoisotopic (exact) mass is 356 g/mol. The predicted octanol–water partition coefficient (Wildman–Crippen LogP) is 1.45. The molecule has 1 aliphatic rings. The minimum absolute atomic E-state index is 0.0109. The fourth-order valence-corrected chi connectivity index (χ4v) is 2.71. The SMILES string of the molecule is Cc1cc(N2CCOCC2)nc(CNC(=O)COCc2ccccc2)n1. The molecule has 3 rings (SSSR count). The Hall–Kier alpha value is -2.51. The summed E-state index contributed by atoms with van der Waals surface area (Å²) in [6.07, 6.45) is 0. The summed E-state index contributed by atoms with van der Waals surface area (Å²) in [5.41, 5.74) is 1.92. The molecule has 0 bridgehead atoms. The van der Waals surface area contributed by atoms with Gasteiger partial charge in [-0.3, -0.25) is 4.79 Å². The maximum absolute atomic E-state index is 12.0. The Morgan fingerprint density at radius 1 is 1.23 bits per heavy atom. The molecule has 1 fully saturated rings. The minimum atomic E-state index is -0.182. The van der Waals surface area contributed by atoms with Crippen molar-refractivity contribution in [1.82, 2.24) is 15.3 Å². The fraction of sp³-hybridized carbons (Fsp3) is 0.421. The molecule has 26 heavy (non-hydrogen) atoms. The molecule has 7 nitrogen and oxygen atoms in total. The molecule has 0 aliphatic carbocycles. The molecule has 1 amide bonds. The van der Waals surface area contributed by atoms with E-state index in [9.17, 15) is 4.79 Å². The van der Waals surface area contributed by atoms with Crippen LogP contribution in [0.3, 0.4) is 0 Å². The molecule has 0 saturated carbocycles. The molecule has 2 aromatic rings. The number of rotatable bonds is 7. The molecule has 0 unspecified atom stereocenters. The summed E-state index contributed by atoms with van der Waals surface area (Å²) in [7, 11) is 0. The number of nitrogens with zero attached hydrogens (tertiary/aromatic N) is 3. The zero-order valence-electron chi connectivity index (χ0n) is 15.0. The zero-order valence-corrected chi connectivity index (χ0v) is 15.0. The fourth-order valence-electron chi connectivity index (χ4n) is 2.71. The van der Waals surface area contributed by atoms with E-state index in [-0.39, 0.29) is 19.1 Å². The Morgan fingerprint density at radius 2 is 2.00 bits per heavy atom. The first-order chi connectivity index (χ1) is 12.7. The summed E-state index contributed by atoms with van der Waals surface area (Å²) >= 11 is 0. The number of aromatic nitrogens is 2. The summed E-state index contributed by atoms with van der Waals surface area (Å²) in [4.78, 5) is 23.1. The molecule has 1 saturated heterocycles. The lowest BCUT2D eigenvalue weighted by Gasteiger charge is -2.28. The van der Waals surface area contributed by atoms with Crippen molar-refractivity contribution in [1.29, 1.82) is 0 Å². The lowest BCUT2D eigenvalue weighted by molar-refractivity contribution is -0.126. The third-order valence-electron chi connectivity index (χ3n) is 4.01. The van der Waals surface area contributed by atoms with Gasteiger partial charge in [-0.1, -0.05) is 30.3 Å². The van der Waals surface area contributed by atoms with Gasteiger partial charge in [-0.25, -0.2) is 9.97 Å². The number of ether oxygens (including phenoxy) is 2. The number of hydrogen-bond donors (Lipinski definition) is 1. The summed E-state index contributed by atoms with van der Waals surface area (Å²) in [5, 5.41) is 2.81. The number of amides is 1. The maximum Gasteiger partial charge on any atom is 0.246 e. The van der Waals surface area contributed by atoms with Crippen LogP contribution in [0.5, 0.6) is 0 Å². The number of carbonyl (C=O) groups is 1. The standard InChI is InChI=1S/C19H24N4O3/c1-15-11-18(23-7-9-25-10-8-23)22-17(21-15)12-20-19(24)14-26-13-16-5-3-2-4-6-16/h2-6,11H,7-10,12-14H2,1H3,(H,20,24). The van der Waals surface area contributed by atoms with Gasteiger partial charge in [-0.2, -0.15) is 0 Å². The van der Waals surface area contributed by atoms with Crippen molar-refractivity contribution in [2.24, 2.45) is 0 Å². The lowest BCUT2D eigenvalue weighted by atomic mass is 10.2. The first kappa shape index (κ1) is 18.3. The van der Waals surface area contributed by atoms with Crippen LogP contribution in [0.25, 0.3) is 0 Å². The Bertz CT molecular complexity index is 718. The summed E-state index contributed by atoms with van der Waals surface area (Å²) in [5.74, 6) is 1.30. The molecule has 1 N–H and O–H groups in total. The number of nitrogens with one attached hydrogen (secondary N) is 1. The Balaban J connectivity index is 1.47. The highest BCUT2D eigenvalue weighted by Gasteiger charge is 2.14. The number of morpholine rings is 1. The van der Waals surface area contributed by atoms with Crippen molar-refractivity contribution in [3.8, 4) is 0 Å². The van der Waals surface area contributed by atoms with Crippen LogP contribution in [0.1, 0.15) is 17.1 Å². The highest BCUT2D eigenvalue weighted by Crippen LogP contribution is 2.14. The van der Waals surface area contributed by atoms with Gasteiger partial charge in [0.15, 0.2) is 0 Å². The van der Waals surface area contributed by atoms with E-state index in [1.54, 1.807) is 0 Å². The van der Waals surface area contributed by atoms with Crippen LogP contribution in [-0.4, -0.2) is 48.8 Å². The van der Waals surface area contributed by atoms with Crippen LogP contribution in [0.2, 0.25) is 0 Å². The quantitative estimate of drug-likeness (QED) is 0.809. The van der Waals surface area contributed by atoms with Crippen molar-refractivity contribution in [3.63, 3.8) is 0 Å². The van der Waals surface area contributed by atoms with Gasteiger partial charge in [-0.05, 0) is 12.5 Å². The van der Waals surface area contributed by atoms with E-state index >= 15 is 0 Å². The topological polar surface area (TPSA) is 76.6 Å². The maximum atomic E-state index is 12.0. The third-order valence-corrected chi connectivity index (χ3v) is 4.01. The molecule has 0 radical (unpaired) electrons. The van der Waals surface area contributed by atoms with Gasteiger partial charge < -0.3 is 19.7 Å². The van der Waals surface area contributed by atoms with E-state index in [1.807, 2.05) is 43.3 Å². The molecular formula is C19H24N4O3. The lowest BCUT2D eigenvalue weighted by Crippen LogP contribution is -2.37. The van der Waals surface area contributed by atoms with E-state index in [4.69, 9.17) is 9.47 Å². The van der Waals surface area contributed by atoms with Gasteiger partial charge in [0.25, 0.3) is 0 Å². The molecular weight excluding hydrogens is 332 g/mol. The van der Waals surface area contributed by atoms with Gasteiger partial charge >= 0.3 is 0 Å². The van der Waals surface area contributed by atoms with Crippen molar-refractivity contribution < 1.29 is 14.3 Å². The van der Waals surface area contributed by atoms with Crippen LogP contribution in [-0.2, 0) is 27.4 Å². The smallest absolute Gasteiger partial charge is 0.246 e. The van der Waals surface area contributed by atoms with Gasteiger partial charge in [-0.15, -0.1) is 0 Å². The third kappa shape index (κ3) is 5.50. The van der Waals surface area contributed by atoms with Crippen molar-refractivity contribution in [2.75, 3.05) is 37.8 Å². The number of carbonyl (C=O) groups excluding carboxylic acids is 1. The van der Waals surface area contributed by atoms with E-state index in [0.717, 1.165) is 30.2 Å². The molecule has 0 spiro atoms. The van der Waals surface area contributed by atoms with E-state index in [1.165, 1.54) is 0 Å². The van der Waals surface area contributed by atoms with Gasteiger partial charge in [0.2, 0.25) is 5.91 Å². The van der Waals surface area contributed by atoms with E-state index in [2.05, 4.69) is 20.2 Å². The Kier molecular flexibility index (Phi) is 6.51. The largest absolute Gasteiger partial charge is 0.378 e. The average molecular weight is 356 g/mol. The minimum Gasteiger partial charge on any atom is -0.378 e. The molecule has 0 atom stereocenters. The van der Waals surface area contributed by atoms with Crippen LogP contribution in [0.15, 0.2) is 36.4 Å². The number of hydrogen-bond acceptors (Lipinski definition) is 6. The Labute approximate surface area is 153 Å². The predicted molar refractivity (Wildman–Crippen MR) is 97.7 cm³/mol. The second-order valence-electron chi connectivity index (χ2n) is 6.14. The highest BCUT2D eigenvalue weighted by molar-refractivity contribution is 5.77. The molecule has 1 aromatic carbocycles. The average Bonchev–Trinajstić information content (AvgIpc) is 2.67.